The highest BCUT2D eigenvalue weighted by Crippen LogP contribution is 2.51. The van der Waals surface area contributed by atoms with E-state index in [9.17, 15) is 0 Å². The van der Waals surface area contributed by atoms with Crippen LogP contribution in [0.3, 0.4) is 0 Å². The first-order valence-corrected chi connectivity index (χ1v) is 7.08. The van der Waals surface area contributed by atoms with E-state index < -0.39 is 0 Å². The third-order valence-corrected chi connectivity index (χ3v) is 5.22. The molecule has 15 heavy (non-hydrogen) atoms. The van der Waals surface area contributed by atoms with Crippen molar-refractivity contribution in [3.63, 3.8) is 0 Å². The molecular weight excluding hydrogens is 270 g/mol. The zero-order valence-corrected chi connectivity index (χ0v) is 11.9. The molecule has 84 valence electrons. The second-order valence-corrected chi connectivity index (χ2v) is 7.66. The summed E-state index contributed by atoms with van der Waals surface area (Å²) in [5.41, 5.74) is 0.586. The number of thiophene rings is 1. The van der Waals surface area contributed by atoms with Crippen LogP contribution in [0.5, 0.6) is 0 Å². The van der Waals surface area contributed by atoms with Crippen molar-refractivity contribution in [3.8, 4) is 0 Å². The summed E-state index contributed by atoms with van der Waals surface area (Å²) >= 11 is 5.32. The van der Waals surface area contributed by atoms with Crippen LogP contribution in [-0.2, 0) is 0 Å². The Morgan fingerprint density at radius 2 is 2.27 bits per heavy atom. The Labute approximate surface area is 104 Å². The van der Waals surface area contributed by atoms with Crippen LogP contribution >= 0.6 is 27.3 Å². The Bertz CT molecular complexity index is 345. The van der Waals surface area contributed by atoms with Crippen LogP contribution in [0.4, 0.5) is 0 Å². The summed E-state index contributed by atoms with van der Waals surface area (Å²) in [6.07, 6.45) is 1.38. The zero-order valence-electron chi connectivity index (χ0n) is 9.51. The molecule has 0 radical (unpaired) electrons. The van der Waals surface area contributed by atoms with Crippen molar-refractivity contribution in [2.24, 2.45) is 11.3 Å². The fourth-order valence-corrected chi connectivity index (χ4v) is 3.36. The highest BCUT2D eigenvalue weighted by molar-refractivity contribution is 9.11. The van der Waals surface area contributed by atoms with Crippen molar-refractivity contribution in [2.45, 2.75) is 33.2 Å². The molecule has 2 atom stereocenters. The summed E-state index contributed by atoms with van der Waals surface area (Å²) in [5.74, 6) is 0.878. The molecule has 0 spiro atoms. The molecule has 0 saturated heterocycles. The van der Waals surface area contributed by atoms with Gasteiger partial charge >= 0.3 is 0 Å². The molecule has 1 N–H and O–H groups in total. The molecule has 0 amide bonds. The fraction of sp³-hybridized carbons (Fsp3) is 0.667. The first-order valence-electron chi connectivity index (χ1n) is 5.47. The summed E-state index contributed by atoms with van der Waals surface area (Å²) in [5, 5.41) is 3.62. The van der Waals surface area contributed by atoms with Gasteiger partial charge in [0.05, 0.1) is 3.79 Å². The molecule has 1 aliphatic rings. The Morgan fingerprint density at radius 3 is 2.73 bits per heavy atom. The van der Waals surface area contributed by atoms with E-state index in [1.807, 2.05) is 11.3 Å². The highest BCUT2D eigenvalue weighted by Gasteiger charge is 2.44. The lowest BCUT2D eigenvalue weighted by Gasteiger charge is -2.12. The van der Waals surface area contributed by atoms with Crippen LogP contribution in [0.25, 0.3) is 0 Å². The number of halogens is 1. The molecule has 0 aromatic carbocycles. The monoisotopic (exact) mass is 287 g/mol. The summed E-state index contributed by atoms with van der Waals surface area (Å²) < 4.78 is 1.22. The highest BCUT2D eigenvalue weighted by atomic mass is 79.9. The lowest BCUT2D eigenvalue weighted by Crippen LogP contribution is -2.21. The lowest BCUT2D eigenvalue weighted by molar-refractivity contribution is 0.488. The molecule has 1 heterocycles. The maximum Gasteiger partial charge on any atom is 0.0701 e. The van der Waals surface area contributed by atoms with Gasteiger partial charge in [-0.25, -0.2) is 0 Å². The topological polar surface area (TPSA) is 12.0 Å². The first-order chi connectivity index (χ1) is 6.99. The Balaban J connectivity index is 1.81. The van der Waals surface area contributed by atoms with E-state index in [2.05, 4.69) is 54.2 Å². The summed E-state index contributed by atoms with van der Waals surface area (Å²) in [4.78, 5) is 1.42. The molecule has 2 unspecified atom stereocenters. The average molecular weight is 288 g/mol. The van der Waals surface area contributed by atoms with Crippen LogP contribution in [0, 0.1) is 11.3 Å². The molecule has 1 nitrogen and oxygen atoms in total. The van der Waals surface area contributed by atoms with E-state index in [1.54, 1.807) is 0 Å². The van der Waals surface area contributed by atoms with Crippen LogP contribution < -0.4 is 5.32 Å². The number of hydrogen-bond donors (Lipinski definition) is 1. The minimum atomic E-state index is 0.484. The van der Waals surface area contributed by atoms with Gasteiger partial charge < -0.3 is 5.32 Å². The van der Waals surface area contributed by atoms with Gasteiger partial charge in [-0.15, -0.1) is 11.3 Å². The van der Waals surface area contributed by atoms with Crippen molar-refractivity contribution in [3.05, 3.63) is 20.8 Å². The number of nitrogens with one attached hydrogen (secondary N) is 1. The molecule has 0 aliphatic heterocycles. The summed E-state index contributed by atoms with van der Waals surface area (Å²) in [6.45, 7) is 8.11. The molecular formula is C12H18BrNS. The SMILES string of the molecule is CC(NCC1CC1(C)C)c1ccc(Br)s1. The van der Waals surface area contributed by atoms with Gasteiger partial charge in [0, 0.05) is 10.9 Å². The molecule has 1 saturated carbocycles. The van der Waals surface area contributed by atoms with Gasteiger partial charge in [-0.05, 0) is 59.3 Å². The van der Waals surface area contributed by atoms with Crippen molar-refractivity contribution in [2.75, 3.05) is 6.54 Å². The molecule has 1 aliphatic carbocycles. The van der Waals surface area contributed by atoms with Gasteiger partial charge in [-0.2, -0.15) is 0 Å². The van der Waals surface area contributed by atoms with Gasteiger partial charge in [-0.1, -0.05) is 13.8 Å². The summed E-state index contributed by atoms with van der Waals surface area (Å²) in [6, 6.07) is 4.81. The van der Waals surface area contributed by atoms with E-state index >= 15 is 0 Å². The van der Waals surface area contributed by atoms with E-state index in [0.717, 1.165) is 12.5 Å². The van der Waals surface area contributed by atoms with Crippen molar-refractivity contribution < 1.29 is 0 Å². The van der Waals surface area contributed by atoms with Gasteiger partial charge in [0.2, 0.25) is 0 Å². The third-order valence-electron chi connectivity index (χ3n) is 3.41. The lowest BCUT2D eigenvalue weighted by atomic mass is 10.1. The maximum atomic E-state index is 3.62. The van der Waals surface area contributed by atoms with Gasteiger partial charge in [0.1, 0.15) is 0 Å². The minimum absolute atomic E-state index is 0.484. The Kier molecular flexibility index (Phi) is 3.25. The first kappa shape index (κ1) is 11.6. The van der Waals surface area contributed by atoms with Crippen molar-refractivity contribution >= 4 is 27.3 Å². The summed E-state index contributed by atoms with van der Waals surface area (Å²) in [7, 11) is 0. The molecule has 1 fully saturated rings. The van der Waals surface area contributed by atoms with Gasteiger partial charge in [-0.3, -0.25) is 0 Å². The van der Waals surface area contributed by atoms with E-state index in [4.69, 9.17) is 0 Å². The normalized spacial score (nSPS) is 25.2. The van der Waals surface area contributed by atoms with Crippen LogP contribution in [0.15, 0.2) is 15.9 Å². The van der Waals surface area contributed by atoms with E-state index in [0.29, 0.717) is 11.5 Å². The van der Waals surface area contributed by atoms with Crippen LogP contribution in [-0.4, -0.2) is 6.54 Å². The second-order valence-electron chi connectivity index (χ2n) is 5.16. The molecule has 2 rings (SSSR count). The zero-order chi connectivity index (χ0) is 11.1. The van der Waals surface area contributed by atoms with E-state index in [1.165, 1.54) is 15.1 Å². The van der Waals surface area contributed by atoms with Gasteiger partial charge in [0.15, 0.2) is 0 Å². The number of rotatable bonds is 4. The smallest absolute Gasteiger partial charge is 0.0701 e. The minimum Gasteiger partial charge on any atom is -0.309 e. The average Bonchev–Trinajstić information content (AvgIpc) is 2.59. The number of hydrogen-bond acceptors (Lipinski definition) is 2. The molecule has 0 bridgehead atoms. The fourth-order valence-electron chi connectivity index (χ4n) is 1.91. The maximum absolute atomic E-state index is 3.62. The quantitative estimate of drug-likeness (QED) is 0.875. The Morgan fingerprint density at radius 1 is 1.60 bits per heavy atom. The predicted molar refractivity (Wildman–Crippen MR) is 70.3 cm³/mol. The molecule has 1 aromatic rings. The van der Waals surface area contributed by atoms with E-state index in [-0.39, 0.29) is 0 Å². The van der Waals surface area contributed by atoms with Crippen molar-refractivity contribution in [1.82, 2.24) is 5.32 Å². The molecule has 3 heteroatoms. The van der Waals surface area contributed by atoms with Crippen molar-refractivity contribution in [1.29, 1.82) is 0 Å². The standard InChI is InChI=1S/C12H18BrNS/c1-8(10-4-5-11(13)15-10)14-7-9-6-12(9,2)3/h4-5,8-9,14H,6-7H2,1-3H3. The third kappa shape index (κ3) is 2.83. The van der Waals surface area contributed by atoms with Gasteiger partial charge in [0.25, 0.3) is 0 Å². The second kappa shape index (κ2) is 4.19. The predicted octanol–water partition coefficient (Wildman–Crippen LogP) is 4.21. The molecule has 1 aromatic heterocycles. The Hall–Kier alpha value is 0.140. The largest absolute Gasteiger partial charge is 0.309 e. The van der Waals surface area contributed by atoms with Crippen LogP contribution in [0.2, 0.25) is 0 Å². The van der Waals surface area contributed by atoms with Crippen LogP contribution in [0.1, 0.15) is 38.1 Å².